The molecule has 0 heterocycles. The molecule has 2 unspecified atom stereocenters. The van der Waals surface area contributed by atoms with Crippen molar-refractivity contribution in [1.29, 1.82) is 0 Å². The summed E-state index contributed by atoms with van der Waals surface area (Å²) in [7, 11) is 0. The summed E-state index contributed by atoms with van der Waals surface area (Å²) >= 11 is 0. The fraction of sp³-hybridized carbons (Fsp3) is 0.349. The van der Waals surface area contributed by atoms with Crippen LogP contribution in [0, 0.1) is 11.8 Å². The summed E-state index contributed by atoms with van der Waals surface area (Å²) in [5.41, 5.74) is 10.7. The molecule has 0 aliphatic heterocycles. The minimum Gasteiger partial charge on any atom is -0.334 e. The molecule has 0 bridgehead atoms. The van der Waals surface area contributed by atoms with Crippen LogP contribution in [0.5, 0.6) is 0 Å². The van der Waals surface area contributed by atoms with Gasteiger partial charge in [0.25, 0.3) is 0 Å². The molecule has 44 heavy (non-hydrogen) atoms. The Morgan fingerprint density at radius 1 is 0.523 bits per heavy atom. The molecule has 4 aromatic carbocycles. The van der Waals surface area contributed by atoms with Gasteiger partial charge in [0, 0.05) is 11.4 Å². The summed E-state index contributed by atoms with van der Waals surface area (Å²) in [5.74, 6) is 1.86. The van der Waals surface area contributed by atoms with Crippen LogP contribution in [-0.2, 0) is 0 Å². The third-order valence-electron chi connectivity index (χ3n) is 10.5. The van der Waals surface area contributed by atoms with Gasteiger partial charge in [0.15, 0.2) is 0 Å². The summed E-state index contributed by atoms with van der Waals surface area (Å²) in [5, 5.41) is 0. The number of allylic oxidation sites excluding steroid dienone is 2. The maximum absolute atomic E-state index is 2.62. The third kappa shape index (κ3) is 6.34. The van der Waals surface area contributed by atoms with Crippen LogP contribution in [0.25, 0.3) is 22.3 Å². The van der Waals surface area contributed by atoms with Gasteiger partial charge < -0.3 is 4.90 Å². The summed E-state index contributed by atoms with van der Waals surface area (Å²) < 4.78 is 0. The highest BCUT2D eigenvalue weighted by atomic mass is 15.2. The summed E-state index contributed by atoms with van der Waals surface area (Å²) in [6.07, 6.45) is 21.2. The summed E-state index contributed by atoms with van der Waals surface area (Å²) in [6, 6.07) is 38.9. The smallest absolute Gasteiger partial charge is 0.0585 e. The van der Waals surface area contributed by atoms with E-state index in [0.29, 0.717) is 11.8 Å². The third-order valence-corrected chi connectivity index (χ3v) is 10.5. The van der Waals surface area contributed by atoms with E-state index in [1.165, 1.54) is 103 Å². The lowest BCUT2D eigenvalue weighted by Gasteiger charge is -2.38. The maximum atomic E-state index is 2.62. The zero-order valence-electron chi connectivity index (χ0n) is 26.4. The Hall–Kier alpha value is -3.84. The van der Waals surface area contributed by atoms with Crippen molar-refractivity contribution in [3.63, 3.8) is 0 Å². The molecular formula is C43H47N. The van der Waals surface area contributed by atoms with Crippen LogP contribution in [0.4, 0.5) is 11.4 Å². The molecular weight excluding hydrogens is 530 g/mol. The second-order valence-electron chi connectivity index (χ2n) is 13.5. The van der Waals surface area contributed by atoms with Crippen molar-refractivity contribution in [2.75, 3.05) is 4.90 Å². The summed E-state index contributed by atoms with van der Waals surface area (Å²) in [6.45, 7) is 2.43. The largest absolute Gasteiger partial charge is 0.334 e. The van der Waals surface area contributed by atoms with Gasteiger partial charge in [0.05, 0.1) is 6.04 Å². The predicted molar refractivity (Wildman–Crippen MR) is 188 cm³/mol. The van der Waals surface area contributed by atoms with Crippen LogP contribution in [0.15, 0.2) is 127 Å². The zero-order chi connectivity index (χ0) is 29.7. The number of benzene rings is 4. The lowest BCUT2D eigenvalue weighted by molar-refractivity contribution is 0.403. The number of anilines is 2. The van der Waals surface area contributed by atoms with E-state index in [0.717, 1.165) is 5.92 Å². The van der Waals surface area contributed by atoms with Crippen molar-refractivity contribution in [2.45, 2.75) is 83.1 Å². The first-order valence-electron chi connectivity index (χ1n) is 17.3. The van der Waals surface area contributed by atoms with Crippen LogP contribution in [0.1, 0.15) is 82.6 Å². The van der Waals surface area contributed by atoms with E-state index in [4.69, 9.17) is 0 Å². The molecule has 224 valence electrons. The normalized spacial score (nSPS) is 21.2. The molecule has 0 saturated heterocycles. The van der Waals surface area contributed by atoms with Gasteiger partial charge in [0.1, 0.15) is 0 Å². The highest BCUT2D eigenvalue weighted by Crippen LogP contribution is 2.42. The molecule has 2 saturated carbocycles. The molecule has 1 nitrogen and oxygen atoms in total. The van der Waals surface area contributed by atoms with Gasteiger partial charge in [-0.05, 0) is 107 Å². The minimum atomic E-state index is 0.248. The predicted octanol–water partition coefficient (Wildman–Crippen LogP) is 12.3. The summed E-state index contributed by atoms with van der Waals surface area (Å²) in [4.78, 5) is 2.62. The molecule has 0 aromatic heterocycles. The van der Waals surface area contributed by atoms with Gasteiger partial charge in [-0.15, -0.1) is 0 Å². The Morgan fingerprint density at radius 3 is 1.61 bits per heavy atom. The Labute approximate surface area is 265 Å². The van der Waals surface area contributed by atoms with E-state index in [1.54, 1.807) is 5.57 Å². The average molecular weight is 578 g/mol. The quantitative estimate of drug-likeness (QED) is 0.211. The van der Waals surface area contributed by atoms with Crippen LogP contribution in [0.3, 0.4) is 0 Å². The Morgan fingerprint density at radius 2 is 1.07 bits per heavy atom. The number of hydrogen-bond donors (Lipinski definition) is 0. The Bertz CT molecular complexity index is 1510. The molecule has 7 rings (SSSR count). The fourth-order valence-electron chi connectivity index (χ4n) is 8.05. The monoisotopic (exact) mass is 577 g/mol. The lowest BCUT2D eigenvalue weighted by Crippen LogP contribution is -2.36. The molecule has 1 heteroatoms. The van der Waals surface area contributed by atoms with Crippen LogP contribution in [-0.4, -0.2) is 6.04 Å². The number of rotatable bonds is 7. The fourth-order valence-corrected chi connectivity index (χ4v) is 8.05. The first-order valence-corrected chi connectivity index (χ1v) is 17.3. The van der Waals surface area contributed by atoms with E-state index in [9.17, 15) is 0 Å². The van der Waals surface area contributed by atoms with E-state index in [1.807, 2.05) is 0 Å². The SMILES string of the molecule is CC1C=C(C2CCCCC2)C=CC1N(c1ccc(C2CCCCC2)cc1)c1cc(-c2ccccc2)cc(-c2ccccc2)c1. The van der Waals surface area contributed by atoms with Crippen LogP contribution >= 0.6 is 0 Å². The van der Waals surface area contributed by atoms with Crippen molar-refractivity contribution >= 4 is 11.4 Å². The van der Waals surface area contributed by atoms with E-state index >= 15 is 0 Å². The molecule has 0 radical (unpaired) electrons. The van der Waals surface area contributed by atoms with Crippen molar-refractivity contribution < 1.29 is 0 Å². The first kappa shape index (κ1) is 28.9. The molecule has 0 N–H and O–H groups in total. The number of nitrogens with zero attached hydrogens (tertiary/aromatic N) is 1. The molecule has 3 aliphatic rings. The molecule has 2 atom stereocenters. The van der Waals surface area contributed by atoms with Gasteiger partial charge in [-0.2, -0.15) is 0 Å². The second-order valence-corrected chi connectivity index (χ2v) is 13.5. The maximum Gasteiger partial charge on any atom is 0.0585 e. The Kier molecular flexibility index (Phi) is 8.82. The molecule has 4 aromatic rings. The van der Waals surface area contributed by atoms with Crippen molar-refractivity contribution in [3.8, 4) is 22.3 Å². The highest BCUT2D eigenvalue weighted by molar-refractivity contribution is 5.81. The Balaban J connectivity index is 1.32. The van der Waals surface area contributed by atoms with E-state index in [2.05, 4.69) is 133 Å². The topological polar surface area (TPSA) is 3.24 Å². The van der Waals surface area contributed by atoms with Crippen molar-refractivity contribution in [3.05, 3.63) is 132 Å². The zero-order valence-corrected chi connectivity index (χ0v) is 26.4. The standard InChI is InChI=1S/C43H47N/c1-32-28-38(34-16-8-3-9-17-34)24-27-43(32)44(41-25-22-37(23-26-41)33-14-6-2-7-15-33)42-30-39(35-18-10-4-11-19-35)29-40(31-42)36-20-12-5-13-21-36/h4-5,10-13,18-34,43H,2-3,6-9,14-17H2,1H3. The first-order chi connectivity index (χ1) is 21.7. The van der Waals surface area contributed by atoms with E-state index < -0.39 is 0 Å². The lowest BCUT2D eigenvalue weighted by atomic mass is 9.79. The molecule has 0 amide bonds. The highest BCUT2D eigenvalue weighted by Gasteiger charge is 2.29. The molecule has 2 fully saturated rings. The average Bonchev–Trinajstić information content (AvgIpc) is 3.11. The van der Waals surface area contributed by atoms with Crippen molar-refractivity contribution in [1.82, 2.24) is 0 Å². The van der Waals surface area contributed by atoms with Gasteiger partial charge in [-0.1, -0.05) is 136 Å². The number of hydrogen-bond acceptors (Lipinski definition) is 1. The van der Waals surface area contributed by atoms with Crippen LogP contribution < -0.4 is 4.90 Å². The van der Waals surface area contributed by atoms with Gasteiger partial charge >= 0.3 is 0 Å². The van der Waals surface area contributed by atoms with Gasteiger partial charge in [0.2, 0.25) is 0 Å². The van der Waals surface area contributed by atoms with Gasteiger partial charge in [-0.3, -0.25) is 0 Å². The molecule has 3 aliphatic carbocycles. The van der Waals surface area contributed by atoms with Crippen LogP contribution in [0.2, 0.25) is 0 Å². The van der Waals surface area contributed by atoms with Gasteiger partial charge in [-0.25, -0.2) is 0 Å². The minimum absolute atomic E-state index is 0.248. The second kappa shape index (κ2) is 13.4. The van der Waals surface area contributed by atoms with E-state index in [-0.39, 0.29) is 6.04 Å². The molecule has 0 spiro atoms. The van der Waals surface area contributed by atoms with Crippen molar-refractivity contribution in [2.24, 2.45) is 11.8 Å².